The van der Waals surface area contributed by atoms with Crippen LogP contribution in [-0.2, 0) is 0 Å². The van der Waals surface area contributed by atoms with E-state index in [-0.39, 0.29) is 0 Å². The summed E-state index contributed by atoms with van der Waals surface area (Å²) in [6.45, 7) is 9.26. The number of anilines is 1. The fourth-order valence-corrected chi connectivity index (χ4v) is 1.69. The minimum absolute atomic E-state index is 0.444. The summed E-state index contributed by atoms with van der Waals surface area (Å²) in [6.07, 6.45) is 2.42. The molecule has 1 heterocycles. The van der Waals surface area contributed by atoms with Crippen molar-refractivity contribution in [2.45, 2.75) is 46.3 Å². The zero-order valence-corrected chi connectivity index (χ0v) is 10.6. The number of hydrogen-bond donors (Lipinski definition) is 1. The Kier molecular flexibility index (Phi) is 4.74. The lowest BCUT2D eigenvalue weighted by molar-refractivity contribution is 0.199. The fourth-order valence-electron chi connectivity index (χ4n) is 1.69. The summed E-state index contributed by atoms with van der Waals surface area (Å²) in [7, 11) is 0. The average molecular weight is 222 g/mol. The van der Waals surface area contributed by atoms with E-state index in [1.165, 1.54) is 0 Å². The van der Waals surface area contributed by atoms with Gasteiger partial charge < -0.3 is 10.0 Å². The Morgan fingerprint density at radius 3 is 2.38 bits per heavy atom. The molecule has 1 N–H and O–H groups in total. The predicted octanol–water partition coefficient (Wildman–Crippen LogP) is 2.76. The smallest absolute Gasteiger partial charge is 0.128 e. The molecule has 3 nitrogen and oxygen atoms in total. The number of nitrogens with zero attached hydrogens (tertiary/aromatic N) is 2. The molecule has 0 aliphatic rings. The summed E-state index contributed by atoms with van der Waals surface area (Å²) in [4.78, 5) is 6.68. The molecule has 1 aromatic rings. The molecule has 1 unspecified atom stereocenters. The van der Waals surface area contributed by atoms with Gasteiger partial charge in [-0.25, -0.2) is 4.98 Å². The number of aliphatic hydroxyl groups excluding tert-OH is 1. The minimum atomic E-state index is -0.444. The van der Waals surface area contributed by atoms with Crippen LogP contribution in [0.4, 0.5) is 5.82 Å². The molecule has 90 valence electrons. The summed E-state index contributed by atoms with van der Waals surface area (Å²) in [5, 5.41) is 9.41. The molecule has 3 heteroatoms. The molecule has 16 heavy (non-hydrogen) atoms. The second-order valence-corrected chi connectivity index (χ2v) is 4.41. The predicted molar refractivity (Wildman–Crippen MR) is 67.6 cm³/mol. The number of aromatic nitrogens is 1. The number of hydrogen-bond acceptors (Lipinski definition) is 3. The first-order valence-corrected chi connectivity index (χ1v) is 5.97. The van der Waals surface area contributed by atoms with E-state index >= 15 is 0 Å². The maximum atomic E-state index is 9.41. The summed E-state index contributed by atoms with van der Waals surface area (Å²) in [6, 6.07) is 4.38. The Labute approximate surface area is 98.1 Å². The summed E-state index contributed by atoms with van der Waals surface area (Å²) in [5.41, 5.74) is 0.865. The monoisotopic (exact) mass is 222 g/mol. The Morgan fingerprint density at radius 2 is 2.00 bits per heavy atom. The lowest BCUT2D eigenvalue weighted by Crippen LogP contribution is -2.32. The molecule has 0 aromatic carbocycles. The molecule has 0 amide bonds. The highest BCUT2D eigenvalue weighted by molar-refractivity contribution is 5.40. The highest BCUT2D eigenvalue weighted by Crippen LogP contribution is 2.17. The van der Waals surface area contributed by atoms with Crippen LogP contribution in [0.1, 0.15) is 45.8 Å². The zero-order valence-electron chi connectivity index (χ0n) is 10.6. The van der Waals surface area contributed by atoms with E-state index in [1.807, 2.05) is 12.1 Å². The van der Waals surface area contributed by atoms with Crippen molar-refractivity contribution in [3.8, 4) is 0 Å². The van der Waals surface area contributed by atoms with E-state index < -0.39 is 6.10 Å². The van der Waals surface area contributed by atoms with Gasteiger partial charge in [0, 0.05) is 18.8 Å². The van der Waals surface area contributed by atoms with Gasteiger partial charge in [-0.3, -0.25) is 0 Å². The number of pyridine rings is 1. The highest BCUT2D eigenvalue weighted by Gasteiger charge is 2.11. The van der Waals surface area contributed by atoms with E-state index in [9.17, 15) is 5.11 Å². The first-order chi connectivity index (χ1) is 7.56. The average Bonchev–Trinajstić information content (AvgIpc) is 2.25. The van der Waals surface area contributed by atoms with Gasteiger partial charge in [0.25, 0.3) is 0 Å². The number of aliphatic hydroxyl groups is 1. The largest absolute Gasteiger partial charge is 0.389 e. The lowest BCUT2D eigenvalue weighted by atomic mass is 10.2. The molecule has 0 spiro atoms. The third-order valence-electron chi connectivity index (χ3n) is 2.64. The quantitative estimate of drug-likeness (QED) is 0.832. The molecule has 0 aliphatic carbocycles. The van der Waals surface area contributed by atoms with Crippen molar-refractivity contribution >= 4 is 5.82 Å². The van der Waals surface area contributed by atoms with Crippen molar-refractivity contribution in [3.05, 3.63) is 23.9 Å². The van der Waals surface area contributed by atoms with Crippen molar-refractivity contribution in [2.75, 3.05) is 11.4 Å². The molecule has 0 aliphatic heterocycles. The van der Waals surface area contributed by atoms with Crippen LogP contribution in [0.2, 0.25) is 0 Å². The fraction of sp³-hybridized carbons (Fsp3) is 0.615. The Morgan fingerprint density at radius 1 is 1.31 bits per heavy atom. The van der Waals surface area contributed by atoms with Crippen LogP contribution in [0.15, 0.2) is 18.3 Å². The molecule has 1 rings (SSSR count). The number of rotatable bonds is 5. The summed E-state index contributed by atoms with van der Waals surface area (Å²) in [5.74, 6) is 0.987. The van der Waals surface area contributed by atoms with Crippen molar-refractivity contribution in [1.82, 2.24) is 4.98 Å². The van der Waals surface area contributed by atoms with Crippen LogP contribution in [0.3, 0.4) is 0 Å². The lowest BCUT2D eigenvalue weighted by Gasteiger charge is -2.27. The van der Waals surface area contributed by atoms with Gasteiger partial charge in [-0.05, 0) is 38.8 Å². The molecule has 1 atom stereocenters. The van der Waals surface area contributed by atoms with Gasteiger partial charge in [0.15, 0.2) is 0 Å². The Hall–Kier alpha value is -1.09. The summed E-state index contributed by atoms with van der Waals surface area (Å²) >= 11 is 0. The normalized spacial score (nSPS) is 12.9. The maximum absolute atomic E-state index is 9.41. The van der Waals surface area contributed by atoms with Gasteiger partial charge in [0.2, 0.25) is 0 Å². The Balaban J connectivity index is 2.85. The first-order valence-electron chi connectivity index (χ1n) is 5.97. The van der Waals surface area contributed by atoms with Crippen LogP contribution in [0.5, 0.6) is 0 Å². The summed E-state index contributed by atoms with van der Waals surface area (Å²) < 4.78 is 0. The van der Waals surface area contributed by atoms with Crippen LogP contribution >= 0.6 is 0 Å². The standard InChI is InChI=1S/C13H22N2O/c1-5-8-15(10(2)3)13-7-6-12(9-14-13)11(4)16/h6-7,9-11,16H,5,8H2,1-4H3. The Bertz CT molecular complexity index is 306. The van der Waals surface area contributed by atoms with Crippen LogP contribution < -0.4 is 4.90 Å². The van der Waals surface area contributed by atoms with Crippen molar-refractivity contribution < 1.29 is 5.11 Å². The van der Waals surface area contributed by atoms with E-state index in [0.29, 0.717) is 6.04 Å². The SMILES string of the molecule is CCCN(c1ccc(C(C)O)cn1)C(C)C. The third kappa shape index (κ3) is 3.20. The maximum Gasteiger partial charge on any atom is 0.128 e. The molecule has 0 radical (unpaired) electrons. The zero-order chi connectivity index (χ0) is 12.1. The van der Waals surface area contributed by atoms with Crippen LogP contribution in [0.25, 0.3) is 0 Å². The molecular weight excluding hydrogens is 200 g/mol. The molecule has 0 fully saturated rings. The minimum Gasteiger partial charge on any atom is -0.389 e. The molecule has 1 aromatic heterocycles. The highest BCUT2D eigenvalue weighted by atomic mass is 16.3. The second kappa shape index (κ2) is 5.85. The van der Waals surface area contributed by atoms with E-state index in [2.05, 4.69) is 30.7 Å². The van der Waals surface area contributed by atoms with E-state index in [4.69, 9.17) is 0 Å². The van der Waals surface area contributed by atoms with Gasteiger partial charge in [0.05, 0.1) is 6.10 Å². The van der Waals surface area contributed by atoms with E-state index in [1.54, 1.807) is 13.1 Å². The van der Waals surface area contributed by atoms with Crippen LogP contribution in [-0.4, -0.2) is 22.7 Å². The molecule has 0 saturated heterocycles. The molecule has 0 saturated carbocycles. The van der Waals surface area contributed by atoms with Crippen molar-refractivity contribution in [3.63, 3.8) is 0 Å². The van der Waals surface area contributed by atoms with Gasteiger partial charge in [-0.1, -0.05) is 13.0 Å². The third-order valence-corrected chi connectivity index (χ3v) is 2.64. The van der Waals surface area contributed by atoms with Crippen LogP contribution in [0, 0.1) is 0 Å². The van der Waals surface area contributed by atoms with Gasteiger partial charge >= 0.3 is 0 Å². The van der Waals surface area contributed by atoms with Gasteiger partial charge in [-0.2, -0.15) is 0 Å². The molecular formula is C13H22N2O. The van der Waals surface area contributed by atoms with Crippen molar-refractivity contribution in [1.29, 1.82) is 0 Å². The molecule has 0 bridgehead atoms. The van der Waals surface area contributed by atoms with E-state index in [0.717, 1.165) is 24.3 Å². The topological polar surface area (TPSA) is 36.4 Å². The first kappa shape index (κ1) is 13.0. The second-order valence-electron chi connectivity index (χ2n) is 4.41. The van der Waals surface area contributed by atoms with Gasteiger partial charge in [-0.15, -0.1) is 0 Å². The van der Waals surface area contributed by atoms with Gasteiger partial charge in [0.1, 0.15) is 5.82 Å². The van der Waals surface area contributed by atoms with Crippen molar-refractivity contribution in [2.24, 2.45) is 0 Å².